The molecule has 1 aromatic heterocycles. The van der Waals surface area contributed by atoms with Gasteiger partial charge in [-0.15, -0.1) is 5.10 Å². The largest absolute Gasteiger partial charge is 0.393 e. The Morgan fingerprint density at radius 3 is 2.86 bits per heavy atom. The molecule has 0 aliphatic heterocycles. The predicted octanol–water partition coefficient (Wildman–Crippen LogP) is -1.36. The van der Waals surface area contributed by atoms with E-state index in [2.05, 4.69) is 15.5 Å². The van der Waals surface area contributed by atoms with Crippen molar-refractivity contribution >= 4 is 5.82 Å². The van der Waals surface area contributed by atoms with E-state index in [1.165, 1.54) is 0 Å². The van der Waals surface area contributed by atoms with Gasteiger partial charge in [-0.05, 0) is 13.3 Å². The van der Waals surface area contributed by atoms with Crippen molar-refractivity contribution in [2.75, 3.05) is 11.9 Å². The van der Waals surface area contributed by atoms with E-state index in [-0.39, 0.29) is 5.82 Å². The standard InChI is InChI=1S/C7H12N4O3/c1-4(12)2-3-8-5-6(13)9-7(14)11-10-5/h4,12H,2-3H2,1H3,(H,8,10)(H2,9,11,13,14)/t4-/m0/s1. The van der Waals surface area contributed by atoms with Crippen molar-refractivity contribution in [1.29, 1.82) is 0 Å². The van der Waals surface area contributed by atoms with Crippen LogP contribution in [0.4, 0.5) is 5.82 Å². The molecule has 7 heteroatoms. The third-order valence-corrected chi connectivity index (χ3v) is 1.57. The number of nitrogens with one attached hydrogen (secondary N) is 3. The lowest BCUT2D eigenvalue weighted by Gasteiger charge is -2.04. The molecule has 1 aromatic rings. The Morgan fingerprint density at radius 2 is 2.29 bits per heavy atom. The third-order valence-electron chi connectivity index (χ3n) is 1.57. The van der Waals surface area contributed by atoms with Crippen molar-refractivity contribution in [3.63, 3.8) is 0 Å². The molecular formula is C7H12N4O3. The zero-order valence-corrected chi connectivity index (χ0v) is 7.70. The summed E-state index contributed by atoms with van der Waals surface area (Å²) in [4.78, 5) is 23.7. The fraction of sp³-hybridized carbons (Fsp3) is 0.571. The van der Waals surface area contributed by atoms with Gasteiger partial charge in [0.1, 0.15) is 0 Å². The van der Waals surface area contributed by atoms with Gasteiger partial charge in [0, 0.05) is 6.54 Å². The van der Waals surface area contributed by atoms with Crippen molar-refractivity contribution in [3.8, 4) is 0 Å². The van der Waals surface area contributed by atoms with Crippen LogP contribution in [0.25, 0.3) is 0 Å². The zero-order chi connectivity index (χ0) is 10.6. The van der Waals surface area contributed by atoms with Crippen molar-refractivity contribution in [2.45, 2.75) is 19.4 Å². The second kappa shape index (κ2) is 4.56. The number of nitrogens with zero attached hydrogens (tertiary/aromatic N) is 1. The molecule has 0 aromatic carbocycles. The lowest BCUT2D eigenvalue weighted by molar-refractivity contribution is 0.188. The molecule has 1 heterocycles. The second-order valence-electron chi connectivity index (χ2n) is 2.92. The van der Waals surface area contributed by atoms with Crippen LogP contribution in [0.2, 0.25) is 0 Å². The van der Waals surface area contributed by atoms with Crippen molar-refractivity contribution in [2.24, 2.45) is 0 Å². The van der Waals surface area contributed by atoms with Gasteiger partial charge in [-0.3, -0.25) is 9.78 Å². The Morgan fingerprint density at radius 1 is 1.57 bits per heavy atom. The molecule has 0 unspecified atom stereocenters. The molecule has 0 spiro atoms. The monoisotopic (exact) mass is 200 g/mol. The Balaban J connectivity index is 2.60. The Labute approximate surface area is 79.2 Å². The number of hydrogen-bond donors (Lipinski definition) is 4. The van der Waals surface area contributed by atoms with Crippen LogP contribution in [0.1, 0.15) is 13.3 Å². The number of aromatic nitrogens is 3. The fourth-order valence-electron chi connectivity index (χ4n) is 0.867. The summed E-state index contributed by atoms with van der Waals surface area (Å²) in [6.45, 7) is 2.06. The summed E-state index contributed by atoms with van der Waals surface area (Å²) in [6, 6.07) is 0. The molecule has 7 nitrogen and oxygen atoms in total. The highest BCUT2D eigenvalue weighted by Crippen LogP contribution is 1.91. The van der Waals surface area contributed by atoms with Crippen molar-refractivity contribution in [1.82, 2.24) is 15.2 Å². The van der Waals surface area contributed by atoms with Gasteiger partial charge < -0.3 is 10.4 Å². The molecule has 1 rings (SSSR count). The SMILES string of the molecule is C[C@H](O)CCNc1n[nH]c(=O)[nH]c1=O. The molecule has 78 valence electrons. The van der Waals surface area contributed by atoms with E-state index in [0.29, 0.717) is 13.0 Å². The highest BCUT2D eigenvalue weighted by molar-refractivity contribution is 5.28. The molecule has 0 saturated carbocycles. The van der Waals surface area contributed by atoms with Crippen LogP contribution in [0.15, 0.2) is 9.59 Å². The van der Waals surface area contributed by atoms with Crippen molar-refractivity contribution in [3.05, 3.63) is 20.8 Å². The van der Waals surface area contributed by atoms with E-state index < -0.39 is 17.4 Å². The van der Waals surface area contributed by atoms with E-state index in [0.717, 1.165) is 0 Å². The van der Waals surface area contributed by atoms with Gasteiger partial charge in [0.05, 0.1) is 6.10 Å². The minimum absolute atomic E-state index is 0.0465. The zero-order valence-electron chi connectivity index (χ0n) is 7.70. The van der Waals surface area contributed by atoms with Gasteiger partial charge in [-0.1, -0.05) is 0 Å². The Hall–Kier alpha value is -1.63. The van der Waals surface area contributed by atoms with Crippen LogP contribution in [0, 0.1) is 0 Å². The first kappa shape index (κ1) is 10.5. The first-order chi connectivity index (χ1) is 6.59. The van der Waals surface area contributed by atoms with Gasteiger partial charge in [0.15, 0.2) is 0 Å². The van der Waals surface area contributed by atoms with Gasteiger partial charge in [-0.25, -0.2) is 9.89 Å². The van der Waals surface area contributed by atoms with E-state index in [4.69, 9.17) is 5.11 Å². The summed E-state index contributed by atoms with van der Waals surface area (Å²) in [7, 11) is 0. The molecule has 4 N–H and O–H groups in total. The average molecular weight is 200 g/mol. The van der Waals surface area contributed by atoms with Crippen LogP contribution < -0.4 is 16.6 Å². The molecule has 0 bridgehead atoms. The molecule has 0 aliphatic carbocycles. The number of hydrogen-bond acceptors (Lipinski definition) is 5. The normalized spacial score (nSPS) is 12.4. The van der Waals surface area contributed by atoms with Gasteiger partial charge in [0.2, 0.25) is 5.82 Å². The molecule has 0 aliphatic rings. The lowest BCUT2D eigenvalue weighted by Crippen LogP contribution is -2.27. The quantitative estimate of drug-likeness (QED) is 0.479. The van der Waals surface area contributed by atoms with Crippen LogP contribution in [0.3, 0.4) is 0 Å². The number of anilines is 1. The highest BCUT2D eigenvalue weighted by atomic mass is 16.3. The lowest BCUT2D eigenvalue weighted by atomic mass is 10.3. The predicted molar refractivity (Wildman–Crippen MR) is 50.3 cm³/mol. The Kier molecular flexibility index (Phi) is 3.41. The van der Waals surface area contributed by atoms with E-state index in [1.54, 1.807) is 6.92 Å². The topological polar surface area (TPSA) is 111 Å². The third kappa shape index (κ3) is 3.02. The molecule has 14 heavy (non-hydrogen) atoms. The van der Waals surface area contributed by atoms with E-state index in [1.807, 2.05) is 4.98 Å². The minimum Gasteiger partial charge on any atom is -0.393 e. The van der Waals surface area contributed by atoms with Crippen LogP contribution in [-0.2, 0) is 0 Å². The molecule has 0 fully saturated rings. The number of aliphatic hydroxyl groups is 1. The summed E-state index contributed by atoms with van der Waals surface area (Å²) < 4.78 is 0. The molecule has 0 radical (unpaired) electrons. The van der Waals surface area contributed by atoms with Crippen LogP contribution in [-0.4, -0.2) is 32.9 Å². The maximum atomic E-state index is 11.1. The molecule has 0 saturated heterocycles. The molecule has 0 amide bonds. The maximum Gasteiger partial charge on any atom is 0.342 e. The summed E-state index contributed by atoms with van der Waals surface area (Å²) in [5, 5.41) is 17.2. The first-order valence-corrected chi connectivity index (χ1v) is 4.20. The van der Waals surface area contributed by atoms with E-state index in [9.17, 15) is 9.59 Å². The highest BCUT2D eigenvalue weighted by Gasteiger charge is 2.01. The first-order valence-electron chi connectivity index (χ1n) is 4.20. The van der Waals surface area contributed by atoms with Crippen LogP contribution in [0.5, 0.6) is 0 Å². The van der Waals surface area contributed by atoms with Gasteiger partial charge >= 0.3 is 5.69 Å². The summed E-state index contributed by atoms with van der Waals surface area (Å²) in [5.74, 6) is 0.0465. The van der Waals surface area contributed by atoms with Gasteiger partial charge in [-0.2, -0.15) is 0 Å². The molecule has 1 atom stereocenters. The second-order valence-corrected chi connectivity index (χ2v) is 2.92. The Bertz CT molecular complexity index is 394. The average Bonchev–Trinajstić information content (AvgIpc) is 2.08. The number of rotatable bonds is 4. The number of H-pyrrole nitrogens is 2. The fourth-order valence-corrected chi connectivity index (χ4v) is 0.867. The minimum atomic E-state index is -0.643. The summed E-state index contributed by atoms with van der Waals surface area (Å²) in [5.41, 5.74) is -1.21. The van der Waals surface area contributed by atoms with Crippen molar-refractivity contribution < 1.29 is 5.11 Å². The summed E-state index contributed by atoms with van der Waals surface area (Å²) in [6.07, 6.45) is 0.0598. The number of aromatic amines is 2. The summed E-state index contributed by atoms with van der Waals surface area (Å²) >= 11 is 0. The number of aliphatic hydroxyl groups excluding tert-OH is 1. The smallest absolute Gasteiger partial charge is 0.342 e. The van der Waals surface area contributed by atoms with Gasteiger partial charge in [0.25, 0.3) is 5.56 Å². The molecular weight excluding hydrogens is 188 g/mol. The maximum absolute atomic E-state index is 11.1. The van der Waals surface area contributed by atoms with E-state index >= 15 is 0 Å². The van der Waals surface area contributed by atoms with Crippen LogP contribution >= 0.6 is 0 Å².